The maximum atomic E-state index is 14.6. The summed E-state index contributed by atoms with van der Waals surface area (Å²) in [7, 11) is 1.55. The molecule has 1 amide bonds. The van der Waals surface area contributed by atoms with Crippen molar-refractivity contribution in [3.8, 4) is 0 Å². The highest BCUT2D eigenvalue weighted by molar-refractivity contribution is 5.67. The summed E-state index contributed by atoms with van der Waals surface area (Å²) in [6, 6.07) is 69.1. The van der Waals surface area contributed by atoms with Gasteiger partial charge in [-0.1, -0.05) is 212 Å². The third-order valence-electron chi connectivity index (χ3n) is 13.2. The van der Waals surface area contributed by atoms with Crippen molar-refractivity contribution >= 4 is 6.09 Å². The van der Waals surface area contributed by atoms with E-state index < -0.39 is 67.4 Å². The average molecular weight is 1030 g/mol. The lowest BCUT2D eigenvalue weighted by Crippen LogP contribution is -2.65. The number of rotatable bonds is 26. The van der Waals surface area contributed by atoms with Crippen LogP contribution < -0.4 is 5.32 Å². The summed E-state index contributed by atoms with van der Waals surface area (Å²) in [5.41, 5.74) is 6.68. The number of carbonyl (C=O) groups excluding carboxylic acids is 1. The molecule has 0 saturated carbocycles. The van der Waals surface area contributed by atoms with E-state index in [1.807, 2.05) is 212 Å². The van der Waals surface area contributed by atoms with Crippen LogP contribution in [-0.2, 0) is 98.4 Å². The monoisotopic (exact) mass is 1030 g/mol. The van der Waals surface area contributed by atoms with E-state index in [-0.39, 0.29) is 52.9 Å². The Morgan fingerprint density at radius 2 is 0.671 bits per heavy atom. The van der Waals surface area contributed by atoms with Gasteiger partial charge in [-0.3, -0.25) is 5.32 Å². The topological polar surface area (TPSA) is 131 Å². The Kier molecular flexibility index (Phi) is 20.7. The first-order valence-electron chi connectivity index (χ1n) is 25.9. The molecule has 2 fully saturated rings. The molecule has 1 N–H and O–H groups in total. The molecule has 2 aliphatic heterocycles. The molecule has 7 aromatic carbocycles. The molecule has 0 unspecified atom stereocenters. The summed E-state index contributed by atoms with van der Waals surface area (Å²) < 4.78 is 72.9. The number of alkyl carbamates (subject to hydrolysis) is 1. The van der Waals surface area contributed by atoms with Crippen LogP contribution in [0.2, 0.25) is 0 Å². The van der Waals surface area contributed by atoms with Crippen LogP contribution in [0.15, 0.2) is 212 Å². The second-order valence-corrected chi connectivity index (χ2v) is 18.7. The molecule has 0 radical (unpaired) electrons. The van der Waals surface area contributed by atoms with Crippen molar-refractivity contribution in [2.24, 2.45) is 0 Å². The molecule has 13 nitrogen and oxygen atoms in total. The smallest absolute Gasteiger partial charge is 0.409 e. The minimum absolute atomic E-state index is 0.102. The van der Waals surface area contributed by atoms with E-state index in [1.165, 1.54) is 0 Å². The largest absolute Gasteiger partial charge is 0.447 e. The van der Waals surface area contributed by atoms with E-state index in [0.29, 0.717) is 6.61 Å². The zero-order valence-corrected chi connectivity index (χ0v) is 42.7. The normalized spacial score (nSPS) is 23.4. The van der Waals surface area contributed by atoms with Gasteiger partial charge in [-0.15, -0.1) is 0 Å². The van der Waals surface area contributed by atoms with Crippen molar-refractivity contribution < 1.29 is 56.9 Å². The summed E-state index contributed by atoms with van der Waals surface area (Å²) in [6.07, 6.45) is -9.17. The summed E-state index contributed by atoms with van der Waals surface area (Å²) >= 11 is 0. The van der Waals surface area contributed by atoms with Crippen molar-refractivity contribution in [2.45, 2.75) is 108 Å². The molecule has 10 atom stereocenters. The number of methoxy groups -OCH3 is 1. The van der Waals surface area contributed by atoms with Gasteiger partial charge in [0.25, 0.3) is 0 Å². The van der Waals surface area contributed by atoms with Gasteiger partial charge in [0.2, 0.25) is 0 Å². The van der Waals surface area contributed by atoms with E-state index in [1.54, 1.807) is 7.11 Å². The predicted octanol–water partition coefficient (Wildman–Crippen LogP) is 10.5. The van der Waals surface area contributed by atoms with Crippen LogP contribution >= 0.6 is 0 Å². The van der Waals surface area contributed by atoms with Crippen LogP contribution in [0.3, 0.4) is 0 Å². The van der Waals surface area contributed by atoms with Crippen LogP contribution in [-0.4, -0.2) is 87.8 Å². The maximum Gasteiger partial charge on any atom is 0.409 e. The molecule has 76 heavy (non-hydrogen) atoms. The quantitative estimate of drug-likeness (QED) is 0.0554. The van der Waals surface area contributed by atoms with Crippen LogP contribution in [0.25, 0.3) is 0 Å². The van der Waals surface area contributed by atoms with E-state index in [0.717, 1.165) is 38.9 Å². The molecule has 0 spiro atoms. The van der Waals surface area contributed by atoms with Gasteiger partial charge in [0.05, 0.1) is 52.9 Å². The highest BCUT2D eigenvalue weighted by atomic mass is 16.7. The predicted molar refractivity (Wildman–Crippen MR) is 285 cm³/mol. The molecule has 2 saturated heterocycles. The van der Waals surface area contributed by atoms with Crippen LogP contribution in [0.1, 0.15) is 38.9 Å². The molecule has 2 heterocycles. The second kappa shape index (κ2) is 29.1. The first-order valence-corrected chi connectivity index (χ1v) is 25.9. The first kappa shape index (κ1) is 54.2. The molecular formula is C63H67NO12. The fourth-order valence-electron chi connectivity index (χ4n) is 9.29. The number of nitrogens with one attached hydrogen (secondary N) is 1. The number of carbonyl (C=O) groups is 1. The van der Waals surface area contributed by atoms with Crippen molar-refractivity contribution in [2.75, 3.05) is 20.3 Å². The zero-order chi connectivity index (χ0) is 52.0. The molecule has 396 valence electrons. The molecule has 0 aliphatic carbocycles. The molecule has 2 aliphatic rings. The van der Waals surface area contributed by atoms with Gasteiger partial charge >= 0.3 is 6.09 Å². The van der Waals surface area contributed by atoms with Gasteiger partial charge in [0.15, 0.2) is 12.5 Å². The maximum absolute atomic E-state index is 14.6. The highest BCUT2D eigenvalue weighted by Crippen LogP contribution is 2.33. The summed E-state index contributed by atoms with van der Waals surface area (Å²) in [4.78, 5) is 14.6. The van der Waals surface area contributed by atoms with Crippen molar-refractivity contribution in [3.63, 3.8) is 0 Å². The van der Waals surface area contributed by atoms with E-state index >= 15 is 0 Å². The number of hydrogen-bond acceptors (Lipinski definition) is 12. The number of hydrogen-bond donors (Lipinski definition) is 1. The molecule has 9 rings (SSSR count). The van der Waals surface area contributed by atoms with E-state index in [2.05, 4.69) is 5.32 Å². The van der Waals surface area contributed by atoms with Gasteiger partial charge in [-0.2, -0.15) is 0 Å². The lowest BCUT2D eigenvalue weighted by atomic mass is 9.97. The van der Waals surface area contributed by atoms with Crippen LogP contribution in [0, 0.1) is 0 Å². The molecule has 13 heteroatoms. The molecule has 0 bridgehead atoms. The van der Waals surface area contributed by atoms with Crippen molar-refractivity contribution in [1.29, 1.82) is 0 Å². The van der Waals surface area contributed by atoms with Gasteiger partial charge in [0.1, 0.15) is 55.4 Å². The Morgan fingerprint density at radius 3 is 1.04 bits per heavy atom. The third kappa shape index (κ3) is 16.0. The Labute approximate surface area is 445 Å². The first-order chi connectivity index (χ1) is 37.6. The fraction of sp³-hybridized carbons (Fsp3) is 0.317. The lowest BCUT2D eigenvalue weighted by molar-refractivity contribution is -0.321. The SMILES string of the molecule is CO[C@H]1O[C@H](COC(=O)N[C@@H]2O[C@H](COCc3ccccc3)[C@@H](OCc3ccccc3)[C@H](OCc3ccccc3)[C@H]2OCc2ccccc2)[C@@H](OCc2ccccc2)[C@H](OCc2ccccc2)[C@H]1OCc1ccccc1. The second-order valence-electron chi connectivity index (χ2n) is 18.7. The Bertz CT molecular complexity index is 2700. The minimum atomic E-state index is -1.11. The summed E-state index contributed by atoms with van der Waals surface area (Å²) in [6.45, 7) is 1.55. The van der Waals surface area contributed by atoms with Crippen molar-refractivity contribution in [1.82, 2.24) is 5.32 Å². The minimum Gasteiger partial charge on any atom is -0.447 e. The van der Waals surface area contributed by atoms with Crippen LogP contribution in [0.4, 0.5) is 4.79 Å². The Morgan fingerprint density at radius 1 is 0.368 bits per heavy atom. The van der Waals surface area contributed by atoms with E-state index in [4.69, 9.17) is 52.1 Å². The zero-order valence-electron chi connectivity index (χ0n) is 42.7. The van der Waals surface area contributed by atoms with Crippen LogP contribution in [0.5, 0.6) is 0 Å². The summed E-state index contributed by atoms with van der Waals surface area (Å²) in [5.74, 6) is 0. The molecular weight excluding hydrogens is 963 g/mol. The van der Waals surface area contributed by atoms with E-state index in [9.17, 15) is 4.79 Å². The standard InChI is InChI=1S/C63H67NO12/c1-66-62-60(73-43-52-35-21-8-22-36-52)58(71-41-50-31-17-6-18-32-50)56(69-39-48-27-13-4-14-28-48)54(76-62)45-74-63(65)64-61-59(72-42-51-33-19-7-20-34-51)57(70-40-49-29-15-5-16-30-49)55(68-38-47-25-11-3-12-26-47)53(75-61)44-67-37-46-23-9-2-10-24-46/h2-36,53-62H,37-45H2,1H3,(H,64,65)/t53-,54-,55-,56-,57+,58+,59-,60-,61-,62+/m1/s1. The number of benzene rings is 7. The Hall–Kier alpha value is -6.59. The van der Waals surface area contributed by atoms with Gasteiger partial charge < -0.3 is 52.1 Å². The fourth-order valence-corrected chi connectivity index (χ4v) is 9.29. The number of ether oxygens (including phenoxy) is 11. The molecule has 7 aromatic rings. The average Bonchev–Trinajstić information content (AvgIpc) is 3.48. The van der Waals surface area contributed by atoms with Crippen molar-refractivity contribution in [3.05, 3.63) is 251 Å². The highest BCUT2D eigenvalue weighted by Gasteiger charge is 2.51. The van der Waals surface area contributed by atoms with Gasteiger partial charge in [-0.05, 0) is 38.9 Å². The number of amides is 1. The molecule has 0 aromatic heterocycles. The Balaban J connectivity index is 0.993. The lowest BCUT2D eigenvalue weighted by Gasteiger charge is -2.46. The van der Waals surface area contributed by atoms with Gasteiger partial charge in [0, 0.05) is 7.11 Å². The van der Waals surface area contributed by atoms with Gasteiger partial charge in [-0.25, -0.2) is 4.79 Å². The third-order valence-corrected chi connectivity index (χ3v) is 13.2. The summed E-state index contributed by atoms with van der Waals surface area (Å²) in [5, 5.41) is 3.03.